The highest BCUT2D eigenvalue weighted by Gasteiger charge is 2.51. The van der Waals surface area contributed by atoms with Crippen LogP contribution in [-0.2, 0) is 55.9 Å². The maximum atomic E-state index is 12.5. The Balaban J connectivity index is 1.57. The van der Waals surface area contributed by atoms with Crippen LogP contribution in [0.15, 0.2) is 43.0 Å². The molecule has 1 aliphatic heterocycles. The molecule has 0 saturated carbocycles. The monoisotopic (exact) mass is 555 g/mol. The second-order valence-corrected chi connectivity index (χ2v) is 9.06. The van der Waals surface area contributed by atoms with E-state index in [1.165, 1.54) is 38.0 Å². The topological polar surface area (TPSA) is 184 Å². The molecule has 14 nitrogen and oxygen atoms in total. The number of carbonyl (C=O) groups excluding carboxylic acids is 4. The molecule has 40 heavy (non-hydrogen) atoms. The van der Waals surface area contributed by atoms with Gasteiger partial charge in [0.1, 0.15) is 37.2 Å². The van der Waals surface area contributed by atoms with Crippen LogP contribution >= 0.6 is 0 Å². The first-order valence-corrected chi connectivity index (χ1v) is 12.4. The standard InChI is InChI=1S/C26H29N5O9/c1-14(32)36-11-20-22(38-15(2)33)23(39-16(3)34)25(40-20)31-13-30-21-19(28-12-29-24(21)31)9-18(27)26(35)37-10-17-7-5-4-6-8-17/h4-8,12-13,18,20,22-23,25H,9-11,27H2,1-3H3/t18?,20-,22-,23-,25+/m1/s1. The van der Waals surface area contributed by atoms with E-state index in [0.717, 1.165) is 5.56 Å². The molecule has 2 N–H and O–H groups in total. The van der Waals surface area contributed by atoms with Gasteiger partial charge in [-0.05, 0) is 5.56 Å². The number of benzene rings is 1. The van der Waals surface area contributed by atoms with Crippen molar-refractivity contribution in [2.24, 2.45) is 5.73 Å². The third-order valence-electron chi connectivity index (χ3n) is 5.99. The molecule has 0 aliphatic carbocycles. The van der Waals surface area contributed by atoms with E-state index in [0.29, 0.717) is 11.2 Å². The highest BCUT2D eigenvalue weighted by molar-refractivity contribution is 5.78. The van der Waals surface area contributed by atoms with Crippen molar-refractivity contribution in [2.45, 2.75) is 64.4 Å². The average molecular weight is 556 g/mol. The molecule has 3 aromatic rings. The molecule has 0 bridgehead atoms. The Morgan fingerprint density at radius 2 is 1.65 bits per heavy atom. The lowest BCUT2D eigenvalue weighted by Gasteiger charge is -2.23. The fraction of sp³-hybridized carbons (Fsp3) is 0.423. The summed E-state index contributed by atoms with van der Waals surface area (Å²) in [5, 5.41) is 0. The third-order valence-corrected chi connectivity index (χ3v) is 5.99. The number of rotatable bonds is 10. The van der Waals surface area contributed by atoms with Crippen LogP contribution in [0.5, 0.6) is 0 Å². The van der Waals surface area contributed by atoms with E-state index in [2.05, 4.69) is 15.0 Å². The SMILES string of the molecule is CC(=O)OC[C@H]1O[C@H](n2cnc3c(CC(N)C(=O)OCc4ccccc4)ncnc32)[C@H](OC(C)=O)[C@@H]1OC(C)=O. The molecule has 0 spiro atoms. The van der Waals surface area contributed by atoms with E-state index < -0.39 is 54.5 Å². The fourth-order valence-electron chi connectivity index (χ4n) is 4.28. The van der Waals surface area contributed by atoms with Gasteiger partial charge < -0.3 is 29.4 Å². The van der Waals surface area contributed by atoms with Gasteiger partial charge in [-0.25, -0.2) is 15.0 Å². The van der Waals surface area contributed by atoms with E-state index in [-0.39, 0.29) is 25.3 Å². The van der Waals surface area contributed by atoms with Crippen molar-refractivity contribution in [3.63, 3.8) is 0 Å². The van der Waals surface area contributed by atoms with Gasteiger partial charge in [-0.1, -0.05) is 30.3 Å². The predicted octanol–water partition coefficient (Wildman–Crippen LogP) is 0.763. The first kappa shape index (κ1) is 28.6. The van der Waals surface area contributed by atoms with E-state index in [4.69, 9.17) is 29.4 Å². The normalized spacial score (nSPS) is 21.0. The number of carbonyl (C=O) groups is 4. The van der Waals surface area contributed by atoms with Gasteiger partial charge in [0.15, 0.2) is 24.1 Å². The van der Waals surface area contributed by atoms with Crippen molar-refractivity contribution in [2.75, 3.05) is 6.61 Å². The largest absolute Gasteiger partial charge is 0.463 e. The molecule has 0 amide bonds. The number of ether oxygens (including phenoxy) is 5. The quantitative estimate of drug-likeness (QED) is 0.273. The van der Waals surface area contributed by atoms with Crippen molar-refractivity contribution in [1.29, 1.82) is 0 Å². The number of nitrogens with zero attached hydrogens (tertiary/aromatic N) is 4. The minimum absolute atomic E-state index is 0.00764. The molecule has 14 heteroatoms. The molecule has 2 aromatic heterocycles. The number of aromatic nitrogens is 4. The zero-order valence-electron chi connectivity index (χ0n) is 22.1. The summed E-state index contributed by atoms with van der Waals surface area (Å²) >= 11 is 0. The first-order valence-electron chi connectivity index (χ1n) is 12.4. The number of esters is 4. The molecule has 3 heterocycles. The van der Waals surface area contributed by atoms with Gasteiger partial charge in [-0.15, -0.1) is 0 Å². The average Bonchev–Trinajstić information content (AvgIpc) is 3.48. The van der Waals surface area contributed by atoms with Crippen LogP contribution in [0.2, 0.25) is 0 Å². The van der Waals surface area contributed by atoms with Gasteiger partial charge in [0.2, 0.25) is 0 Å². The summed E-state index contributed by atoms with van der Waals surface area (Å²) in [6.45, 7) is 3.44. The van der Waals surface area contributed by atoms with E-state index >= 15 is 0 Å². The van der Waals surface area contributed by atoms with Crippen molar-refractivity contribution in [1.82, 2.24) is 19.5 Å². The minimum atomic E-state index is -1.12. The summed E-state index contributed by atoms with van der Waals surface area (Å²) in [6, 6.07) is 8.17. The van der Waals surface area contributed by atoms with E-state index in [9.17, 15) is 19.2 Å². The summed E-state index contributed by atoms with van der Waals surface area (Å²) in [5.41, 5.74) is 7.92. The molecular formula is C26H29N5O9. The fourth-order valence-corrected chi connectivity index (χ4v) is 4.28. The number of nitrogens with two attached hydrogens (primary N) is 1. The molecule has 1 unspecified atom stereocenters. The Bertz CT molecular complexity index is 1380. The van der Waals surface area contributed by atoms with Crippen LogP contribution in [0.3, 0.4) is 0 Å². The molecule has 1 fully saturated rings. The summed E-state index contributed by atoms with van der Waals surface area (Å²) in [6.07, 6.45) is -1.53. The van der Waals surface area contributed by atoms with Crippen LogP contribution in [0.25, 0.3) is 11.2 Å². The second kappa shape index (κ2) is 12.6. The lowest BCUT2D eigenvalue weighted by molar-refractivity contribution is -0.166. The summed E-state index contributed by atoms with van der Waals surface area (Å²) in [7, 11) is 0. The molecule has 4 rings (SSSR count). The molecular weight excluding hydrogens is 526 g/mol. The van der Waals surface area contributed by atoms with Crippen LogP contribution in [0, 0.1) is 0 Å². The second-order valence-electron chi connectivity index (χ2n) is 9.06. The molecule has 5 atom stereocenters. The van der Waals surface area contributed by atoms with Crippen LogP contribution < -0.4 is 5.73 Å². The Labute approximate surface area is 228 Å². The summed E-state index contributed by atoms with van der Waals surface area (Å²) in [4.78, 5) is 60.6. The lowest BCUT2D eigenvalue weighted by atomic mass is 10.1. The van der Waals surface area contributed by atoms with Crippen LogP contribution in [0.4, 0.5) is 0 Å². The zero-order valence-corrected chi connectivity index (χ0v) is 22.1. The molecule has 1 aliphatic rings. The van der Waals surface area contributed by atoms with Crippen LogP contribution in [0.1, 0.15) is 38.3 Å². The summed E-state index contributed by atoms with van der Waals surface area (Å²) < 4.78 is 28.8. The highest BCUT2D eigenvalue weighted by Crippen LogP contribution is 2.36. The van der Waals surface area contributed by atoms with Crippen molar-refractivity contribution < 1.29 is 42.9 Å². The van der Waals surface area contributed by atoms with Crippen LogP contribution in [-0.4, -0.2) is 74.4 Å². The minimum Gasteiger partial charge on any atom is -0.463 e. The van der Waals surface area contributed by atoms with Gasteiger partial charge in [0.05, 0.1) is 12.0 Å². The Morgan fingerprint density at radius 1 is 0.950 bits per heavy atom. The zero-order chi connectivity index (χ0) is 28.8. The Morgan fingerprint density at radius 3 is 2.33 bits per heavy atom. The number of fused-ring (bicyclic) bond motifs is 1. The van der Waals surface area contributed by atoms with Gasteiger partial charge in [-0.2, -0.15) is 0 Å². The Kier molecular flexibility index (Phi) is 9.01. The Hall–Kier alpha value is -4.43. The number of hydrogen-bond donors (Lipinski definition) is 1. The number of imidazole rings is 1. The molecule has 0 radical (unpaired) electrons. The molecule has 1 saturated heterocycles. The van der Waals surface area contributed by atoms with E-state index in [1.807, 2.05) is 30.3 Å². The van der Waals surface area contributed by atoms with Crippen molar-refractivity contribution >= 4 is 35.0 Å². The van der Waals surface area contributed by atoms with Gasteiger partial charge in [-0.3, -0.25) is 23.7 Å². The maximum Gasteiger partial charge on any atom is 0.323 e. The predicted molar refractivity (Wildman–Crippen MR) is 135 cm³/mol. The van der Waals surface area contributed by atoms with Crippen molar-refractivity contribution in [3.05, 3.63) is 54.2 Å². The molecule has 1 aromatic carbocycles. The van der Waals surface area contributed by atoms with E-state index in [1.54, 1.807) is 0 Å². The smallest absolute Gasteiger partial charge is 0.323 e. The first-order chi connectivity index (χ1) is 19.1. The number of hydrogen-bond acceptors (Lipinski definition) is 13. The maximum absolute atomic E-state index is 12.5. The summed E-state index contributed by atoms with van der Waals surface area (Å²) in [5.74, 6) is -2.47. The lowest BCUT2D eigenvalue weighted by Crippen LogP contribution is -2.40. The third kappa shape index (κ3) is 6.76. The molecule has 212 valence electrons. The van der Waals surface area contributed by atoms with Gasteiger partial charge in [0, 0.05) is 27.2 Å². The van der Waals surface area contributed by atoms with Gasteiger partial charge in [0.25, 0.3) is 0 Å². The van der Waals surface area contributed by atoms with Crippen molar-refractivity contribution in [3.8, 4) is 0 Å². The highest BCUT2D eigenvalue weighted by atomic mass is 16.7. The van der Waals surface area contributed by atoms with Gasteiger partial charge >= 0.3 is 23.9 Å².